The molecule has 5 N–H and O–H groups in total. The lowest BCUT2D eigenvalue weighted by Gasteiger charge is -2.01. The Morgan fingerprint density at radius 2 is 2.31 bits per heavy atom. The third-order valence-electron chi connectivity index (χ3n) is 2.06. The zero-order valence-corrected chi connectivity index (χ0v) is 10.9. The second kappa shape index (κ2) is 9.50. The average Bonchev–Trinajstić information content (AvgIpc) is 2.63. The minimum absolute atomic E-state index is 0. The zero-order chi connectivity index (χ0) is 10.4. The van der Waals surface area contributed by atoms with Crippen molar-refractivity contribution in [3.8, 4) is 0 Å². The maximum atomic E-state index is 5.78. The Hall–Kier alpha value is -0.720. The molecule has 0 aromatic heterocycles. The highest BCUT2D eigenvalue weighted by molar-refractivity contribution is 6.04. The van der Waals surface area contributed by atoms with Crippen LogP contribution in [-0.2, 0) is 9.68 Å². The number of hydrogen-bond acceptors (Lipinski definition) is 3. The molecule has 1 saturated heterocycles. The van der Waals surface area contributed by atoms with Crippen LogP contribution >= 0.6 is 0 Å². The second-order valence-electron chi connectivity index (χ2n) is 3.04. The lowest BCUT2D eigenvalue weighted by Crippen LogP contribution is -3.00. The number of nitrogens with two attached hydrogens (primary N) is 2. The number of nitrogens with one attached hydrogen (secondary N) is 1. The Morgan fingerprint density at radius 1 is 1.62 bits per heavy atom. The second-order valence-corrected chi connectivity index (χ2v) is 3.04. The first-order valence-corrected chi connectivity index (χ1v) is 4.71. The molecule has 1 fully saturated rings. The van der Waals surface area contributed by atoms with Crippen molar-refractivity contribution in [2.24, 2.45) is 16.8 Å². The van der Waals surface area contributed by atoms with Crippen LogP contribution in [0.3, 0.4) is 0 Å². The van der Waals surface area contributed by atoms with Crippen LogP contribution in [0.2, 0.25) is 0 Å². The Balaban J connectivity index is 0. The van der Waals surface area contributed by atoms with Gasteiger partial charge < -0.3 is 39.8 Å². The SMILES string of the molecule is CCO/N=C1\C[NH2+]C[C@@H]1/C(N)=[NH+]/OC.[Cl-].[Cl-]. The maximum absolute atomic E-state index is 5.78. The van der Waals surface area contributed by atoms with Crippen LogP contribution in [0.25, 0.3) is 0 Å². The molecule has 0 aromatic rings. The van der Waals surface area contributed by atoms with Crippen LogP contribution in [-0.4, -0.2) is 38.4 Å². The summed E-state index contributed by atoms with van der Waals surface area (Å²) in [5.74, 6) is 0.682. The molecule has 0 amide bonds. The van der Waals surface area contributed by atoms with Crippen LogP contribution in [0, 0.1) is 5.92 Å². The molecule has 1 atom stereocenters. The van der Waals surface area contributed by atoms with E-state index < -0.39 is 0 Å². The summed E-state index contributed by atoms with van der Waals surface area (Å²) in [6.07, 6.45) is 0. The van der Waals surface area contributed by atoms with Gasteiger partial charge in [0.25, 0.3) is 5.84 Å². The topological polar surface area (TPSA) is 87.4 Å². The van der Waals surface area contributed by atoms with E-state index in [1.54, 1.807) is 0 Å². The van der Waals surface area contributed by atoms with Crippen molar-refractivity contribution >= 4 is 11.5 Å². The van der Waals surface area contributed by atoms with Crippen LogP contribution in [0.5, 0.6) is 0 Å². The first-order valence-electron chi connectivity index (χ1n) is 4.71. The summed E-state index contributed by atoms with van der Waals surface area (Å²) in [5.41, 5.74) is 6.73. The first kappa shape index (κ1) is 17.7. The highest BCUT2D eigenvalue weighted by Gasteiger charge is 2.34. The fraction of sp³-hybridized carbons (Fsp3) is 0.750. The molecule has 0 aromatic carbocycles. The Morgan fingerprint density at radius 3 is 2.88 bits per heavy atom. The number of hydrogen-bond donors (Lipinski definition) is 3. The van der Waals surface area contributed by atoms with Gasteiger partial charge in [-0.1, -0.05) is 10.3 Å². The summed E-state index contributed by atoms with van der Waals surface area (Å²) in [5, 5.41) is 8.78. The van der Waals surface area contributed by atoms with Gasteiger partial charge in [0.2, 0.25) is 0 Å². The number of oxime groups is 1. The quantitative estimate of drug-likeness (QED) is 0.270. The summed E-state index contributed by atoms with van der Waals surface area (Å²) in [4.78, 5) is 9.75. The number of nitrogens with zero attached hydrogens (tertiary/aromatic N) is 1. The van der Waals surface area contributed by atoms with Crippen molar-refractivity contribution in [1.29, 1.82) is 0 Å². The molecular weight excluding hydrogens is 255 g/mol. The van der Waals surface area contributed by atoms with Crippen molar-refractivity contribution < 1.29 is 45.0 Å². The molecule has 8 heteroatoms. The van der Waals surface area contributed by atoms with Gasteiger partial charge in [0, 0.05) is 0 Å². The van der Waals surface area contributed by atoms with E-state index >= 15 is 0 Å². The van der Waals surface area contributed by atoms with Gasteiger partial charge in [-0.3, -0.25) is 5.73 Å². The molecule has 0 unspecified atom stereocenters. The summed E-state index contributed by atoms with van der Waals surface area (Å²) in [6.45, 7) is 4.19. The Kier molecular flexibility index (Phi) is 10.5. The summed E-state index contributed by atoms with van der Waals surface area (Å²) < 4.78 is 0. The predicted octanol–water partition coefficient (Wildman–Crippen LogP) is -9.42. The van der Waals surface area contributed by atoms with Gasteiger partial charge in [0.15, 0.2) is 5.92 Å². The normalized spacial score (nSPS) is 22.2. The highest BCUT2D eigenvalue weighted by atomic mass is 35.5. The van der Waals surface area contributed by atoms with Gasteiger partial charge in [0.05, 0.1) is 6.54 Å². The molecule has 0 spiro atoms. The molecular formula is C8H18Cl2N4O2. The molecule has 1 heterocycles. The zero-order valence-electron chi connectivity index (χ0n) is 9.37. The van der Waals surface area contributed by atoms with E-state index in [4.69, 9.17) is 15.4 Å². The number of quaternary nitrogens is 1. The van der Waals surface area contributed by atoms with Crippen molar-refractivity contribution in [2.75, 3.05) is 26.8 Å². The minimum atomic E-state index is 0. The Labute approximate surface area is 107 Å². The lowest BCUT2D eigenvalue weighted by molar-refractivity contribution is -0.746. The predicted molar refractivity (Wildman–Crippen MR) is 51.4 cm³/mol. The lowest BCUT2D eigenvalue weighted by atomic mass is 10.1. The molecule has 1 aliphatic heterocycles. The van der Waals surface area contributed by atoms with Gasteiger partial charge in [-0.2, -0.15) is 0 Å². The van der Waals surface area contributed by atoms with E-state index in [0.29, 0.717) is 12.4 Å². The van der Waals surface area contributed by atoms with E-state index in [1.165, 1.54) is 7.11 Å². The summed E-state index contributed by atoms with van der Waals surface area (Å²) >= 11 is 0. The Bertz CT molecular complexity index is 248. The maximum Gasteiger partial charge on any atom is 0.294 e. The van der Waals surface area contributed by atoms with Gasteiger partial charge in [-0.05, 0) is 6.92 Å². The van der Waals surface area contributed by atoms with Crippen LogP contribution < -0.4 is 41.0 Å². The largest absolute Gasteiger partial charge is 1.00 e. The molecule has 0 radical (unpaired) electrons. The van der Waals surface area contributed by atoms with E-state index in [0.717, 1.165) is 18.8 Å². The van der Waals surface area contributed by atoms with E-state index in [-0.39, 0.29) is 30.7 Å². The smallest absolute Gasteiger partial charge is 0.294 e. The van der Waals surface area contributed by atoms with E-state index in [2.05, 4.69) is 15.6 Å². The first-order chi connectivity index (χ1) is 6.79. The molecule has 0 bridgehead atoms. The van der Waals surface area contributed by atoms with Gasteiger partial charge in [0.1, 0.15) is 26.0 Å². The van der Waals surface area contributed by atoms with Crippen LogP contribution in [0.15, 0.2) is 5.16 Å². The highest BCUT2D eigenvalue weighted by Crippen LogP contribution is 1.99. The fourth-order valence-corrected chi connectivity index (χ4v) is 1.42. The summed E-state index contributed by atoms with van der Waals surface area (Å²) in [6, 6.07) is 0. The third-order valence-corrected chi connectivity index (χ3v) is 2.06. The minimum Gasteiger partial charge on any atom is -1.00 e. The number of halogens is 2. The van der Waals surface area contributed by atoms with Crippen LogP contribution in [0.4, 0.5) is 0 Å². The molecule has 6 nitrogen and oxygen atoms in total. The standard InChI is InChI=1S/C8H16N4O2.2ClH/c1-3-14-11-7-5-10-4-6(7)8(9)12-13-2;;/h6,10H,3-5H2,1-2H3,(H2,9,12);2*1H/b11-7+;;/t6-;;/m0../s1. The average molecular weight is 273 g/mol. The van der Waals surface area contributed by atoms with E-state index in [1.807, 2.05) is 6.92 Å². The van der Waals surface area contributed by atoms with Crippen molar-refractivity contribution in [1.82, 2.24) is 0 Å². The van der Waals surface area contributed by atoms with Gasteiger partial charge in [-0.15, -0.1) is 0 Å². The number of amidine groups is 1. The molecule has 0 saturated carbocycles. The fourth-order valence-electron chi connectivity index (χ4n) is 1.42. The van der Waals surface area contributed by atoms with Gasteiger partial charge >= 0.3 is 0 Å². The third kappa shape index (κ3) is 4.87. The molecule has 1 rings (SSSR count). The van der Waals surface area contributed by atoms with E-state index in [9.17, 15) is 0 Å². The number of rotatable bonds is 4. The van der Waals surface area contributed by atoms with Crippen molar-refractivity contribution in [2.45, 2.75) is 6.92 Å². The van der Waals surface area contributed by atoms with Crippen molar-refractivity contribution in [3.63, 3.8) is 0 Å². The molecule has 1 aliphatic rings. The monoisotopic (exact) mass is 272 g/mol. The van der Waals surface area contributed by atoms with Gasteiger partial charge in [-0.25, -0.2) is 0 Å². The van der Waals surface area contributed by atoms with Crippen LogP contribution in [0.1, 0.15) is 6.92 Å². The molecule has 96 valence electrons. The molecule has 0 aliphatic carbocycles. The molecule has 16 heavy (non-hydrogen) atoms. The van der Waals surface area contributed by atoms with Crippen molar-refractivity contribution in [3.05, 3.63) is 0 Å². The summed E-state index contributed by atoms with van der Waals surface area (Å²) in [7, 11) is 1.53.